The number of methoxy groups -OCH3 is 1. The standard InChI is InChI=1S/C37H47FN6O5/c1-49-30-5-2-4-26(22-30)24-42-20-21-43-25-32(42)36(48)40-16-11-29(12-17-40)44-15-3-6-31(44)34(46)39-37(23-33(43)45)13-18-41(19-14-37)35(47)27-7-9-28(38)10-8-27/h2,4-5,7-10,22,29,31-32H,3,6,11-21,23-25H2,1H3,(H,39,46)/t31-,32+/m0/s1. The maximum Gasteiger partial charge on any atom is 0.253 e. The molecule has 11 nitrogen and oxygen atoms in total. The summed E-state index contributed by atoms with van der Waals surface area (Å²) in [4.78, 5) is 66.0. The Labute approximate surface area is 287 Å². The van der Waals surface area contributed by atoms with E-state index in [1.54, 1.807) is 12.0 Å². The van der Waals surface area contributed by atoms with Crippen molar-refractivity contribution < 1.29 is 28.3 Å². The van der Waals surface area contributed by atoms with Crippen LogP contribution in [0.4, 0.5) is 4.39 Å². The van der Waals surface area contributed by atoms with Crippen molar-refractivity contribution in [2.75, 3.05) is 59.5 Å². The van der Waals surface area contributed by atoms with Crippen LogP contribution in [-0.2, 0) is 20.9 Å². The van der Waals surface area contributed by atoms with Gasteiger partial charge in [-0.1, -0.05) is 12.1 Å². The molecule has 6 fully saturated rings. The Morgan fingerprint density at radius 2 is 1.65 bits per heavy atom. The van der Waals surface area contributed by atoms with Crippen LogP contribution >= 0.6 is 0 Å². The molecule has 2 aromatic carbocycles. The molecule has 0 radical (unpaired) electrons. The van der Waals surface area contributed by atoms with Crippen LogP contribution in [0.5, 0.6) is 5.75 Å². The van der Waals surface area contributed by atoms with Crippen LogP contribution in [-0.4, -0.2) is 131 Å². The van der Waals surface area contributed by atoms with Crippen LogP contribution in [0.15, 0.2) is 48.5 Å². The summed E-state index contributed by atoms with van der Waals surface area (Å²) in [5.74, 6) is 0.101. The number of carbonyl (C=O) groups is 4. The van der Waals surface area contributed by atoms with E-state index in [1.165, 1.54) is 24.3 Å². The van der Waals surface area contributed by atoms with E-state index in [2.05, 4.69) is 15.1 Å². The molecule has 0 aromatic heterocycles. The summed E-state index contributed by atoms with van der Waals surface area (Å²) in [6.45, 7) is 4.72. The van der Waals surface area contributed by atoms with Gasteiger partial charge in [0.15, 0.2) is 0 Å². The summed E-state index contributed by atoms with van der Waals surface area (Å²) in [5.41, 5.74) is 0.640. The number of fused-ring (bicyclic) bond motifs is 4. The molecule has 4 amide bonds. The molecule has 49 heavy (non-hydrogen) atoms. The molecule has 6 saturated heterocycles. The van der Waals surface area contributed by atoms with Crippen molar-refractivity contribution >= 4 is 23.6 Å². The Bertz CT molecular complexity index is 1550. The first-order chi connectivity index (χ1) is 23.7. The number of hydrogen-bond donors (Lipinski definition) is 1. The van der Waals surface area contributed by atoms with E-state index >= 15 is 0 Å². The van der Waals surface area contributed by atoms with Crippen LogP contribution < -0.4 is 10.1 Å². The molecule has 0 aliphatic carbocycles. The van der Waals surface area contributed by atoms with Gasteiger partial charge in [-0.15, -0.1) is 0 Å². The number of piperazine rings is 1. The van der Waals surface area contributed by atoms with Crippen LogP contribution in [0.2, 0.25) is 0 Å². The minimum Gasteiger partial charge on any atom is -0.497 e. The zero-order valence-corrected chi connectivity index (χ0v) is 28.3. The van der Waals surface area contributed by atoms with Crippen molar-refractivity contribution in [2.24, 2.45) is 0 Å². The molecule has 12 heteroatoms. The van der Waals surface area contributed by atoms with Gasteiger partial charge in [-0.2, -0.15) is 0 Å². The number of likely N-dealkylation sites (tertiary alicyclic amines) is 1. The predicted molar refractivity (Wildman–Crippen MR) is 180 cm³/mol. The monoisotopic (exact) mass is 674 g/mol. The fraction of sp³-hybridized carbons (Fsp3) is 0.568. The van der Waals surface area contributed by atoms with Crippen LogP contribution in [0.25, 0.3) is 0 Å². The molecular weight excluding hydrogens is 627 g/mol. The zero-order chi connectivity index (χ0) is 34.1. The normalized spacial score (nSPS) is 25.6. The van der Waals surface area contributed by atoms with Crippen molar-refractivity contribution in [2.45, 2.75) is 75.2 Å². The number of rotatable bonds is 4. The van der Waals surface area contributed by atoms with Gasteiger partial charge in [0.05, 0.1) is 25.1 Å². The summed E-state index contributed by atoms with van der Waals surface area (Å²) in [6, 6.07) is 12.9. The Kier molecular flexibility index (Phi) is 9.61. The second-order valence-electron chi connectivity index (χ2n) is 14.4. The number of benzene rings is 2. The highest BCUT2D eigenvalue weighted by Gasteiger charge is 2.46. The Balaban J connectivity index is 1.15. The molecule has 8 rings (SSSR count). The van der Waals surface area contributed by atoms with Crippen LogP contribution in [0.3, 0.4) is 0 Å². The molecule has 6 aliphatic rings. The highest BCUT2D eigenvalue weighted by Crippen LogP contribution is 2.33. The fourth-order valence-corrected chi connectivity index (χ4v) is 8.62. The molecule has 0 unspecified atom stereocenters. The van der Waals surface area contributed by atoms with Gasteiger partial charge in [0.2, 0.25) is 17.7 Å². The SMILES string of the molecule is COc1cccc(CN2CCN3C[C@@H]2C(=O)N2CCC(CC2)N2CCC[C@H]2C(=O)NC2(CCN(C(=O)c4ccc(F)cc4)CC2)CC3=O)c1. The second kappa shape index (κ2) is 14.1. The highest BCUT2D eigenvalue weighted by molar-refractivity contribution is 5.94. The lowest BCUT2D eigenvalue weighted by Crippen LogP contribution is -2.63. The van der Waals surface area contributed by atoms with Crippen molar-refractivity contribution in [3.8, 4) is 5.75 Å². The summed E-state index contributed by atoms with van der Waals surface area (Å²) in [7, 11) is 1.64. The molecule has 2 atom stereocenters. The van der Waals surface area contributed by atoms with E-state index in [1.807, 2.05) is 34.1 Å². The highest BCUT2D eigenvalue weighted by atomic mass is 19.1. The van der Waals surface area contributed by atoms with Gasteiger partial charge in [-0.3, -0.25) is 29.0 Å². The number of nitrogens with zero attached hydrogens (tertiary/aromatic N) is 5. The summed E-state index contributed by atoms with van der Waals surface area (Å²) < 4.78 is 19.0. The minimum absolute atomic E-state index is 0.0435. The first-order valence-electron chi connectivity index (χ1n) is 17.8. The van der Waals surface area contributed by atoms with Crippen molar-refractivity contribution in [1.82, 2.24) is 29.8 Å². The third kappa shape index (κ3) is 7.03. The van der Waals surface area contributed by atoms with E-state index in [9.17, 15) is 23.6 Å². The summed E-state index contributed by atoms with van der Waals surface area (Å²) >= 11 is 0. The van der Waals surface area contributed by atoms with Crippen LogP contribution in [0, 0.1) is 5.82 Å². The second-order valence-corrected chi connectivity index (χ2v) is 14.4. The molecule has 6 aliphatic heterocycles. The van der Waals surface area contributed by atoms with Crippen molar-refractivity contribution in [1.29, 1.82) is 0 Å². The number of amides is 4. The van der Waals surface area contributed by atoms with Gasteiger partial charge >= 0.3 is 0 Å². The van der Waals surface area contributed by atoms with E-state index in [-0.39, 0.29) is 48.7 Å². The quantitative estimate of drug-likeness (QED) is 0.532. The lowest BCUT2D eigenvalue weighted by Gasteiger charge is -2.45. The molecule has 262 valence electrons. The molecule has 4 bridgehead atoms. The van der Waals surface area contributed by atoms with Crippen LogP contribution in [0.1, 0.15) is 60.9 Å². The number of ether oxygens (including phenoxy) is 1. The largest absolute Gasteiger partial charge is 0.497 e. The molecule has 1 spiro atoms. The summed E-state index contributed by atoms with van der Waals surface area (Å²) in [6.07, 6.45) is 4.28. The predicted octanol–water partition coefficient (Wildman–Crippen LogP) is 2.50. The van der Waals surface area contributed by atoms with Gasteiger partial charge < -0.3 is 24.8 Å². The number of piperidine rings is 2. The topological polar surface area (TPSA) is 106 Å². The molecule has 2 aromatic rings. The Hall–Kier alpha value is -4.03. The van der Waals surface area contributed by atoms with Crippen molar-refractivity contribution in [3.63, 3.8) is 0 Å². The zero-order valence-electron chi connectivity index (χ0n) is 28.3. The first kappa shape index (κ1) is 33.5. The lowest BCUT2D eigenvalue weighted by atomic mass is 9.83. The number of nitrogens with one attached hydrogen (secondary N) is 1. The fourth-order valence-electron chi connectivity index (χ4n) is 8.62. The first-order valence-corrected chi connectivity index (χ1v) is 17.8. The van der Waals surface area contributed by atoms with E-state index in [0.29, 0.717) is 64.2 Å². The number of hydrogen-bond acceptors (Lipinski definition) is 7. The summed E-state index contributed by atoms with van der Waals surface area (Å²) in [5, 5.41) is 3.39. The maximum absolute atomic E-state index is 14.3. The third-order valence-electron chi connectivity index (χ3n) is 11.5. The Morgan fingerprint density at radius 3 is 2.39 bits per heavy atom. The van der Waals surface area contributed by atoms with Gasteiger partial charge in [-0.25, -0.2) is 4.39 Å². The van der Waals surface area contributed by atoms with Gasteiger partial charge in [0, 0.05) is 64.0 Å². The molecule has 6 heterocycles. The molecule has 0 saturated carbocycles. The number of halogens is 1. The van der Waals surface area contributed by atoms with Crippen molar-refractivity contribution in [3.05, 3.63) is 65.5 Å². The van der Waals surface area contributed by atoms with E-state index in [4.69, 9.17) is 4.74 Å². The van der Waals surface area contributed by atoms with Gasteiger partial charge in [0.25, 0.3) is 5.91 Å². The molecule has 1 N–H and O–H groups in total. The van der Waals surface area contributed by atoms with Gasteiger partial charge in [-0.05, 0) is 87.0 Å². The Morgan fingerprint density at radius 1 is 0.898 bits per heavy atom. The maximum atomic E-state index is 14.3. The third-order valence-corrected chi connectivity index (χ3v) is 11.5. The lowest BCUT2D eigenvalue weighted by molar-refractivity contribution is -0.145. The van der Waals surface area contributed by atoms with E-state index in [0.717, 1.165) is 43.5 Å². The number of carbonyl (C=O) groups excluding carboxylic acids is 4. The molecular formula is C37H47FN6O5. The minimum atomic E-state index is -0.818. The van der Waals surface area contributed by atoms with E-state index < -0.39 is 17.4 Å². The van der Waals surface area contributed by atoms with Gasteiger partial charge in [0.1, 0.15) is 17.6 Å². The average Bonchev–Trinajstić information content (AvgIpc) is 3.62. The average molecular weight is 675 g/mol. The smallest absolute Gasteiger partial charge is 0.253 e.